The molecule has 1 aromatic rings. The summed E-state index contributed by atoms with van der Waals surface area (Å²) in [6.45, 7) is 4.29. The monoisotopic (exact) mass is 248 g/mol. The van der Waals surface area contributed by atoms with E-state index in [-0.39, 0.29) is 12.5 Å². The van der Waals surface area contributed by atoms with Gasteiger partial charge in [-0.3, -0.25) is 4.79 Å². The van der Waals surface area contributed by atoms with Crippen LogP contribution in [0, 0.1) is 0 Å². The van der Waals surface area contributed by atoms with E-state index in [4.69, 9.17) is 0 Å². The summed E-state index contributed by atoms with van der Waals surface area (Å²) in [5, 5.41) is 5.56. The first-order chi connectivity index (χ1) is 8.67. The van der Waals surface area contributed by atoms with Gasteiger partial charge in [-0.05, 0) is 18.2 Å². The maximum atomic E-state index is 11.5. The van der Waals surface area contributed by atoms with E-state index in [0.29, 0.717) is 17.8 Å². The highest BCUT2D eigenvalue weighted by molar-refractivity contribution is 5.95. The molecule has 96 valence electrons. The smallest absolute Gasteiger partial charge is 0.337 e. The van der Waals surface area contributed by atoms with Gasteiger partial charge in [-0.1, -0.05) is 12.1 Å². The van der Waals surface area contributed by atoms with Crippen molar-refractivity contribution in [3.05, 3.63) is 42.5 Å². The van der Waals surface area contributed by atoms with Crippen LogP contribution in [-0.2, 0) is 9.53 Å². The molecule has 0 aromatic heterocycles. The van der Waals surface area contributed by atoms with E-state index in [1.165, 1.54) is 7.11 Å². The highest BCUT2D eigenvalue weighted by Gasteiger charge is 2.07. The van der Waals surface area contributed by atoms with Gasteiger partial charge in [0.1, 0.15) is 0 Å². The third kappa shape index (κ3) is 4.39. The fraction of sp³-hybridized carbons (Fsp3) is 0.231. The summed E-state index contributed by atoms with van der Waals surface area (Å²) in [4.78, 5) is 22.8. The van der Waals surface area contributed by atoms with Crippen LogP contribution in [0.25, 0.3) is 0 Å². The first kappa shape index (κ1) is 13.9. The first-order valence-electron chi connectivity index (χ1n) is 5.47. The molecule has 0 aliphatic carbocycles. The number of carbonyl (C=O) groups is 2. The van der Waals surface area contributed by atoms with E-state index in [2.05, 4.69) is 21.9 Å². The van der Waals surface area contributed by atoms with Crippen LogP contribution in [0.1, 0.15) is 10.4 Å². The van der Waals surface area contributed by atoms with Gasteiger partial charge in [0.15, 0.2) is 0 Å². The molecule has 0 saturated carbocycles. The second-order valence-electron chi connectivity index (χ2n) is 3.54. The third-order valence-electron chi connectivity index (χ3n) is 2.14. The number of ether oxygens (including phenoxy) is 1. The van der Waals surface area contributed by atoms with E-state index < -0.39 is 5.97 Å². The molecule has 1 aromatic carbocycles. The summed E-state index contributed by atoms with van der Waals surface area (Å²) >= 11 is 0. The highest BCUT2D eigenvalue weighted by Crippen LogP contribution is 2.11. The lowest BCUT2D eigenvalue weighted by Gasteiger charge is -2.07. The Bertz CT molecular complexity index is 444. The van der Waals surface area contributed by atoms with Gasteiger partial charge < -0.3 is 15.4 Å². The molecule has 1 amide bonds. The molecule has 0 spiro atoms. The van der Waals surface area contributed by atoms with E-state index in [9.17, 15) is 9.59 Å². The lowest BCUT2D eigenvalue weighted by molar-refractivity contribution is -0.115. The molecule has 18 heavy (non-hydrogen) atoms. The molecular formula is C13H16N2O3. The van der Waals surface area contributed by atoms with Gasteiger partial charge >= 0.3 is 5.97 Å². The minimum absolute atomic E-state index is 0.182. The van der Waals surface area contributed by atoms with Crippen molar-refractivity contribution in [1.29, 1.82) is 0 Å². The Morgan fingerprint density at radius 1 is 1.44 bits per heavy atom. The fourth-order valence-corrected chi connectivity index (χ4v) is 1.33. The van der Waals surface area contributed by atoms with Gasteiger partial charge in [-0.2, -0.15) is 0 Å². The van der Waals surface area contributed by atoms with E-state index in [1.54, 1.807) is 30.3 Å². The Hall–Kier alpha value is -2.14. The molecule has 1 rings (SSSR count). The Kier molecular flexibility index (Phi) is 5.60. The van der Waals surface area contributed by atoms with Crippen LogP contribution < -0.4 is 10.6 Å². The number of carbonyl (C=O) groups excluding carboxylic acids is 2. The van der Waals surface area contributed by atoms with Crippen LogP contribution in [0.4, 0.5) is 5.69 Å². The summed E-state index contributed by atoms with van der Waals surface area (Å²) in [5.74, 6) is -0.616. The van der Waals surface area contributed by atoms with Crippen LogP contribution in [0.2, 0.25) is 0 Å². The largest absolute Gasteiger partial charge is 0.465 e. The van der Waals surface area contributed by atoms with Crippen LogP contribution in [0.15, 0.2) is 36.9 Å². The summed E-state index contributed by atoms with van der Waals surface area (Å²) in [6.07, 6.45) is 1.67. The van der Waals surface area contributed by atoms with Gasteiger partial charge in [-0.25, -0.2) is 4.79 Å². The van der Waals surface area contributed by atoms with Crippen molar-refractivity contribution in [3.63, 3.8) is 0 Å². The second-order valence-corrected chi connectivity index (χ2v) is 3.54. The molecule has 0 fully saturated rings. The number of benzene rings is 1. The predicted octanol–water partition coefficient (Wildman–Crippen LogP) is 1.19. The minimum Gasteiger partial charge on any atom is -0.465 e. The van der Waals surface area contributed by atoms with Crippen LogP contribution in [0.5, 0.6) is 0 Å². The van der Waals surface area contributed by atoms with Crippen molar-refractivity contribution < 1.29 is 14.3 Å². The average Bonchev–Trinajstić information content (AvgIpc) is 2.38. The molecule has 0 heterocycles. The molecular weight excluding hydrogens is 232 g/mol. The third-order valence-corrected chi connectivity index (χ3v) is 2.14. The summed E-state index contributed by atoms with van der Waals surface area (Å²) in [6, 6.07) is 6.57. The topological polar surface area (TPSA) is 67.4 Å². The standard InChI is InChI=1S/C13H16N2O3/c1-3-7-14-9-12(16)15-11-6-4-5-10(8-11)13(17)18-2/h3-6,8,14H,1,7,9H2,2H3,(H,15,16). The number of hydrogen-bond acceptors (Lipinski definition) is 4. The molecule has 0 aliphatic rings. The van der Waals surface area contributed by atoms with E-state index >= 15 is 0 Å². The van der Waals surface area contributed by atoms with Crippen LogP contribution in [-0.4, -0.2) is 32.1 Å². The van der Waals surface area contributed by atoms with E-state index in [0.717, 1.165) is 0 Å². The molecule has 0 bridgehead atoms. The predicted molar refractivity (Wildman–Crippen MR) is 69.5 cm³/mol. The molecule has 0 unspecified atom stereocenters. The number of amides is 1. The average molecular weight is 248 g/mol. The van der Waals surface area contributed by atoms with Crippen molar-refractivity contribution in [3.8, 4) is 0 Å². The summed E-state index contributed by atoms with van der Waals surface area (Å²) in [5.41, 5.74) is 0.956. The van der Waals surface area contributed by atoms with Gasteiger partial charge in [0.05, 0.1) is 19.2 Å². The van der Waals surface area contributed by atoms with Crippen molar-refractivity contribution in [1.82, 2.24) is 5.32 Å². The van der Waals surface area contributed by atoms with Gasteiger partial charge in [-0.15, -0.1) is 6.58 Å². The molecule has 0 aliphatic heterocycles. The SMILES string of the molecule is C=CCNCC(=O)Nc1cccc(C(=O)OC)c1. The number of esters is 1. The Morgan fingerprint density at radius 2 is 2.22 bits per heavy atom. The van der Waals surface area contributed by atoms with Gasteiger partial charge in [0.25, 0.3) is 0 Å². The summed E-state index contributed by atoms with van der Waals surface area (Å²) < 4.78 is 4.60. The zero-order valence-electron chi connectivity index (χ0n) is 10.2. The van der Waals surface area contributed by atoms with Gasteiger partial charge in [0.2, 0.25) is 5.91 Å². The number of hydrogen-bond donors (Lipinski definition) is 2. The lowest BCUT2D eigenvalue weighted by Crippen LogP contribution is -2.28. The van der Waals surface area contributed by atoms with Crippen LogP contribution >= 0.6 is 0 Å². The second kappa shape index (κ2) is 7.24. The van der Waals surface area contributed by atoms with Crippen molar-refractivity contribution in [2.24, 2.45) is 0 Å². The molecule has 2 N–H and O–H groups in total. The zero-order chi connectivity index (χ0) is 13.4. The minimum atomic E-state index is -0.434. The van der Waals surface area contributed by atoms with Crippen molar-refractivity contribution in [2.75, 3.05) is 25.5 Å². The number of rotatable bonds is 6. The molecule has 5 heteroatoms. The number of methoxy groups -OCH3 is 1. The highest BCUT2D eigenvalue weighted by atomic mass is 16.5. The number of nitrogens with one attached hydrogen (secondary N) is 2. The molecule has 0 atom stereocenters. The Labute approximate surface area is 106 Å². The van der Waals surface area contributed by atoms with Crippen LogP contribution in [0.3, 0.4) is 0 Å². The molecule has 5 nitrogen and oxygen atoms in total. The summed E-state index contributed by atoms with van der Waals surface area (Å²) in [7, 11) is 1.31. The zero-order valence-corrected chi connectivity index (χ0v) is 10.2. The number of anilines is 1. The molecule has 0 radical (unpaired) electrons. The lowest BCUT2D eigenvalue weighted by atomic mass is 10.2. The maximum Gasteiger partial charge on any atom is 0.337 e. The van der Waals surface area contributed by atoms with E-state index in [1.807, 2.05) is 0 Å². The Balaban J connectivity index is 2.59. The van der Waals surface area contributed by atoms with Crippen molar-refractivity contribution >= 4 is 17.6 Å². The first-order valence-corrected chi connectivity index (χ1v) is 5.47. The maximum absolute atomic E-state index is 11.5. The quantitative estimate of drug-likeness (QED) is 0.451. The fourth-order valence-electron chi connectivity index (χ4n) is 1.33. The van der Waals surface area contributed by atoms with Crippen molar-refractivity contribution in [2.45, 2.75) is 0 Å². The normalized spacial score (nSPS) is 9.61. The molecule has 0 saturated heterocycles. The van der Waals surface area contributed by atoms with Gasteiger partial charge in [0, 0.05) is 12.2 Å². The Morgan fingerprint density at radius 3 is 2.89 bits per heavy atom.